The van der Waals surface area contributed by atoms with Crippen molar-refractivity contribution in [3.05, 3.63) is 59.7 Å². The second-order valence-electron chi connectivity index (χ2n) is 7.39. The van der Waals surface area contributed by atoms with Crippen LogP contribution >= 0.6 is 0 Å². The first-order valence-electron chi connectivity index (χ1n) is 9.62. The Labute approximate surface area is 168 Å². The van der Waals surface area contributed by atoms with Crippen molar-refractivity contribution in [1.82, 2.24) is 0 Å². The molecule has 0 saturated heterocycles. The van der Waals surface area contributed by atoms with E-state index in [1.54, 1.807) is 31.4 Å². The van der Waals surface area contributed by atoms with Crippen LogP contribution in [-0.2, 0) is 21.6 Å². The molecule has 1 fully saturated rings. The molecule has 0 radical (unpaired) electrons. The molecule has 0 aliphatic heterocycles. The van der Waals surface area contributed by atoms with Gasteiger partial charge in [-0.1, -0.05) is 35.3 Å². The van der Waals surface area contributed by atoms with E-state index in [1.807, 2.05) is 12.1 Å². The van der Waals surface area contributed by atoms with Crippen LogP contribution < -0.4 is 10.1 Å². The second kappa shape index (κ2) is 9.85. The van der Waals surface area contributed by atoms with E-state index >= 15 is 0 Å². The van der Waals surface area contributed by atoms with Gasteiger partial charge in [-0.3, -0.25) is 9.00 Å². The lowest BCUT2D eigenvalue weighted by Crippen LogP contribution is -2.20. The van der Waals surface area contributed by atoms with E-state index in [1.165, 1.54) is 5.56 Å². The summed E-state index contributed by atoms with van der Waals surface area (Å²) in [5.41, 5.74) is 2.77. The molecule has 1 aliphatic carbocycles. The normalized spacial score (nSPS) is 20.4. The fraction of sp³-hybridized carbons (Fsp3) is 0.409. The van der Waals surface area contributed by atoms with Crippen molar-refractivity contribution < 1.29 is 18.3 Å². The van der Waals surface area contributed by atoms with Crippen molar-refractivity contribution in [3.8, 4) is 5.75 Å². The molecule has 2 aromatic rings. The summed E-state index contributed by atoms with van der Waals surface area (Å²) >= 11 is -2.10. The zero-order valence-electron chi connectivity index (χ0n) is 16.1. The van der Waals surface area contributed by atoms with Crippen LogP contribution in [0.5, 0.6) is 5.75 Å². The number of carbonyl (C=O) groups excluding carboxylic acids is 1. The predicted octanol–water partition coefficient (Wildman–Crippen LogP) is 4.38. The molecule has 6 heteroatoms. The van der Waals surface area contributed by atoms with Gasteiger partial charge in [-0.05, 0) is 72.9 Å². The summed E-state index contributed by atoms with van der Waals surface area (Å²) in [5.74, 6) is 1.86. The van der Waals surface area contributed by atoms with Gasteiger partial charge in [0, 0.05) is 17.9 Å². The molecular formula is C22H26NO4S-. The van der Waals surface area contributed by atoms with Gasteiger partial charge in [0.2, 0.25) is 5.91 Å². The Hall–Kier alpha value is -2.18. The molecule has 1 unspecified atom stereocenters. The molecule has 150 valence electrons. The Bertz CT molecular complexity index is 796. The van der Waals surface area contributed by atoms with Crippen molar-refractivity contribution in [3.63, 3.8) is 0 Å². The quantitative estimate of drug-likeness (QED) is 0.700. The summed E-state index contributed by atoms with van der Waals surface area (Å²) < 4.78 is 26.7. The highest BCUT2D eigenvalue weighted by Gasteiger charge is 2.24. The molecule has 1 N–H and O–H groups in total. The van der Waals surface area contributed by atoms with Crippen LogP contribution in [-0.4, -0.2) is 21.8 Å². The molecule has 1 aliphatic rings. The fourth-order valence-corrected chi connectivity index (χ4v) is 4.34. The lowest BCUT2D eigenvalue weighted by molar-refractivity contribution is -0.117. The van der Waals surface area contributed by atoms with Gasteiger partial charge in [-0.2, -0.15) is 0 Å². The topological polar surface area (TPSA) is 78.5 Å². The number of rotatable bonds is 7. The minimum absolute atomic E-state index is 0.00827. The second-order valence-corrected chi connectivity index (χ2v) is 8.28. The molecule has 1 amide bonds. The van der Waals surface area contributed by atoms with Gasteiger partial charge in [0.05, 0.1) is 7.11 Å². The monoisotopic (exact) mass is 400 g/mol. The lowest BCUT2D eigenvalue weighted by Gasteiger charge is -2.28. The first-order valence-corrected chi connectivity index (χ1v) is 10.9. The SMILES string of the molecule is COc1ccc(C2CCC(CC(=O)Nc3ccc(CS(=O)[O-])cc3)CC2)cc1. The highest BCUT2D eigenvalue weighted by molar-refractivity contribution is 7.78. The number of nitrogens with one attached hydrogen (secondary N) is 1. The smallest absolute Gasteiger partial charge is 0.224 e. The van der Waals surface area contributed by atoms with Crippen molar-refractivity contribution in [1.29, 1.82) is 0 Å². The highest BCUT2D eigenvalue weighted by Crippen LogP contribution is 2.37. The third-order valence-corrected chi connectivity index (χ3v) is 6.00. The maximum Gasteiger partial charge on any atom is 0.224 e. The fourth-order valence-electron chi connectivity index (χ4n) is 3.87. The van der Waals surface area contributed by atoms with Crippen molar-refractivity contribution >= 4 is 22.7 Å². The zero-order chi connectivity index (χ0) is 19.9. The molecule has 0 aromatic heterocycles. The van der Waals surface area contributed by atoms with E-state index in [2.05, 4.69) is 17.4 Å². The first-order chi connectivity index (χ1) is 13.5. The Kier molecular flexibility index (Phi) is 7.23. The number of carbonyl (C=O) groups is 1. The number of amides is 1. The Morgan fingerprint density at radius 3 is 2.29 bits per heavy atom. The Morgan fingerprint density at radius 2 is 1.71 bits per heavy atom. The largest absolute Gasteiger partial charge is 0.772 e. The molecule has 5 nitrogen and oxygen atoms in total. The van der Waals surface area contributed by atoms with Crippen LogP contribution in [0.25, 0.3) is 0 Å². The zero-order valence-corrected chi connectivity index (χ0v) is 16.9. The third kappa shape index (κ3) is 5.91. The van der Waals surface area contributed by atoms with Crippen LogP contribution in [0, 0.1) is 5.92 Å². The summed E-state index contributed by atoms with van der Waals surface area (Å²) in [6.07, 6.45) is 4.84. The average Bonchev–Trinajstić information content (AvgIpc) is 2.70. The van der Waals surface area contributed by atoms with Crippen molar-refractivity contribution in [2.24, 2.45) is 5.92 Å². The Morgan fingerprint density at radius 1 is 1.07 bits per heavy atom. The number of hydrogen-bond acceptors (Lipinski definition) is 4. The van der Waals surface area contributed by atoms with Crippen LogP contribution in [0.2, 0.25) is 0 Å². The van der Waals surface area contributed by atoms with Gasteiger partial charge < -0.3 is 14.6 Å². The lowest BCUT2D eigenvalue weighted by atomic mass is 9.77. The molecule has 1 atom stereocenters. The number of methoxy groups -OCH3 is 1. The molecule has 1 saturated carbocycles. The summed E-state index contributed by atoms with van der Waals surface area (Å²) in [6.45, 7) is 0. The van der Waals surface area contributed by atoms with Gasteiger partial charge in [-0.15, -0.1) is 0 Å². The first kappa shape index (κ1) is 20.6. The molecule has 0 bridgehead atoms. The van der Waals surface area contributed by atoms with Crippen LogP contribution in [0.1, 0.15) is 49.1 Å². The maximum atomic E-state index is 12.3. The molecule has 28 heavy (non-hydrogen) atoms. The van der Waals surface area contributed by atoms with E-state index in [0.29, 0.717) is 29.5 Å². The summed E-state index contributed by atoms with van der Waals surface area (Å²) in [4.78, 5) is 12.3. The minimum Gasteiger partial charge on any atom is -0.772 e. The molecule has 0 spiro atoms. The molecule has 3 rings (SSSR count). The summed E-state index contributed by atoms with van der Waals surface area (Å²) in [7, 11) is 1.67. The van der Waals surface area contributed by atoms with Gasteiger partial charge in [0.15, 0.2) is 0 Å². The van der Waals surface area contributed by atoms with E-state index < -0.39 is 11.1 Å². The van der Waals surface area contributed by atoms with Crippen LogP contribution in [0.3, 0.4) is 0 Å². The standard InChI is InChI=1S/C22H27NO4S/c1-27-21-12-8-19(9-13-21)18-6-2-16(3-7-18)14-22(24)23-20-10-4-17(5-11-20)15-28(25)26/h4-5,8-13,16,18H,2-3,6-7,14-15H2,1H3,(H,23,24)(H,25,26)/p-1. The van der Waals surface area contributed by atoms with Gasteiger partial charge in [-0.25, -0.2) is 0 Å². The van der Waals surface area contributed by atoms with Gasteiger partial charge in [0.1, 0.15) is 5.75 Å². The average molecular weight is 401 g/mol. The number of benzene rings is 2. The number of hydrogen-bond donors (Lipinski definition) is 1. The number of anilines is 1. The predicted molar refractivity (Wildman–Crippen MR) is 110 cm³/mol. The van der Waals surface area contributed by atoms with Crippen LogP contribution in [0.15, 0.2) is 48.5 Å². The molecule has 0 heterocycles. The minimum atomic E-state index is -2.10. The highest BCUT2D eigenvalue weighted by atomic mass is 32.2. The van der Waals surface area contributed by atoms with Gasteiger partial charge in [0.25, 0.3) is 0 Å². The number of ether oxygens (including phenoxy) is 1. The van der Waals surface area contributed by atoms with Crippen LogP contribution in [0.4, 0.5) is 5.69 Å². The molecule has 2 aromatic carbocycles. The van der Waals surface area contributed by atoms with E-state index in [9.17, 15) is 13.6 Å². The Balaban J connectivity index is 1.44. The summed E-state index contributed by atoms with van der Waals surface area (Å²) in [5, 5.41) is 2.92. The van der Waals surface area contributed by atoms with Gasteiger partial charge >= 0.3 is 0 Å². The molecular weight excluding hydrogens is 374 g/mol. The van der Waals surface area contributed by atoms with Crippen molar-refractivity contribution in [2.45, 2.75) is 43.8 Å². The summed E-state index contributed by atoms with van der Waals surface area (Å²) in [6, 6.07) is 15.3. The van der Waals surface area contributed by atoms with E-state index in [-0.39, 0.29) is 11.7 Å². The third-order valence-electron chi connectivity index (χ3n) is 5.43. The van der Waals surface area contributed by atoms with E-state index in [4.69, 9.17) is 4.74 Å². The maximum absolute atomic E-state index is 12.3. The van der Waals surface area contributed by atoms with Crippen molar-refractivity contribution in [2.75, 3.05) is 12.4 Å². The van der Waals surface area contributed by atoms with E-state index in [0.717, 1.165) is 31.4 Å².